The zero-order valence-corrected chi connectivity index (χ0v) is 23.7. The number of carbonyl (C=O) groups excluding carboxylic acids is 1. The van der Waals surface area contributed by atoms with E-state index in [1.807, 2.05) is 60.8 Å². The van der Waals surface area contributed by atoms with E-state index in [-0.39, 0.29) is 17.2 Å². The third-order valence-corrected chi connectivity index (χ3v) is 8.64. The van der Waals surface area contributed by atoms with Crippen molar-refractivity contribution < 1.29 is 13.9 Å². The predicted molar refractivity (Wildman–Crippen MR) is 157 cm³/mol. The van der Waals surface area contributed by atoms with Gasteiger partial charge in [0.1, 0.15) is 16.8 Å². The Hall–Kier alpha value is -4.09. The molecule has 0 atom stereocenters. The first kappa shape index (κ1) is 26.1. The Labute approximate surface area is 239 Å². The van der Waals surface area contributed by atoms with E-state index in [0.717, 1.165) is 22.7 Å². The molecule has 9 nitrogen and oxygen atoms in total. The van der Waals surface area contributed by atoms with Crippen LogP contribution in [0.3, 0.4) is 0 Å². The van der Waals surface area contributed by atoms with Crippen LogP contribution in [0.4, 0.5) is 5.69 Å². The highest BCUT2D eigenvalue weighted by Gasteiger charge is 2.26. The number of piperazine rings is 1. The van der Waals surface area contributed by atoms with Crippen molar-refractivity contribution in [3.8, 4) is 11.4 Å². The van der Waals surface area contributed by atoms with Crippen LogP contribution in [0.1, 0.15) is 21.9 Å². The van der Waals surface area contributed by atoms with E-state index < -0.39 is 0 Å². The second-order valence-corrected chi connectivity index (χ2v) is 11.2. The molecule has 3 aromatic heterocycles. The number of anilines is 1. The van der Waals surface area contributed by atoms with Crippen molar-refractivity contribution in [1.29, 1.82) is 0 Å². The predicted octanol–water partition coefficient (Wildman–Crippen LogP) is 5.01. The van der Waals surface area contributed by atoms with Gasteiger partial charge in [0.05, 0.1) is 29.6 Å². The van der Waals surface area contributed by atoms with Gasteiger partial charge in [0, 0.05) is 26.2 Å². The normalized spacial score (nSPS) is 13.7. The first-order chi connectivity index (χ1) is 19.5. The number of fused-ring (bicyclic) bond motifs is 1. The molecule has 1 aliphatic rings. The number of nitrogens with zero attached hydrogens (tertiary/aromatic N) is 5. The summed E-state index contributed by atoms with van der Waals surface area (Å²) in [6.45, 7) is 4.50. The molecule has 0 N–H and O–H groups in total. The van der Waals surface area contributed by atoms with E-state index in [1.165, 1.54) is 29.4 Å². The third kappa shape index (κ3) is 4.98. The van der Waals surface area contributed by atoms with Crippen molar-refractivity contribution in [1.82, 2.24) is 19.4 Å². The lowest BCUT2D eigenvalue weighted by molar-refractivity contribution is 0.0740. The minimum absolute atomic E-state index is 0.112. The van der Waals surface area contributed by atoms with Gasteiger partial charge in [-0.25, -0.2) is 9.97 Å². The number of hydrogen-bond acceptors (Lipinski definition) is 9. The van der Waals surface area contributed by atoms with Crippen LogP contribution in [0.2, 0.25) is 0 Å². The molecule has 5 aromatic rings. The van der Waals surface area contributed by atoms with Gasteiger partial charge >= 0.3 is 0 Å². The second kappa shape index (κ2) is 11.2. The minimum atomic E-state index is -0.158. The van der Waals surface area contributed by atoms with Crippen LogP contribution >= 0.6 is 23.1 Å². The molecule has 1 aliphatic heterocycles. The molecule has 2 aromatic carbocycles. The van der Waals surface area contributed by atoms with Crippen molar-refractivity contribution in [3.05, 3.63) is 93.7 Å². The Morgan fingerprint density at radius 1 is 1.02 bits per heavy atom. The van der Waals surface area contributed by atoms with Gasteiger partial charge in [-0.15, -0.1) is 11.3 Å². The number of aromatic nitrogens is 3. The summed E-state index contributed by atoms with van der Waals surface area (Å²) in [5.74, 6) is 1.39. The number of methoxy groups -OCH3 is 1. The summed E-state index contributed by atoms with van der Waals surface area (Å²) in [7, 11) is 1.66. The van der Waals surface area contributed by atoms with Crippen LogP contribution < -0.4 is 15.2 Å². The molecule has 0 aliphatic carbocycles. The van der Waals surface area contributed by atoms with E-state index >= 15 is 0 Å². The maximum atomic E-state index is 13.4. The summed E-state index contributed by atoms with van der Waals surface area (Å²) in [6.07, 6.45) is 1.41. The van der Waals surface area contributed by atoms with Crippen molar-refractivity contribution in [2.75, 3.05) is 38.2 Å². The van der Waals surface area contributed by atoms with Gasteiger partial charge in [-0.3, -0.25) is 14.2 Å². The van der Waals surface area contributed by atoms with Crippen molar-refractivity contribution in [3.63, 3.8) is 0 Å². The number of benzene rings is 2. The Bertz CT molecular complexity index is 1740. The molecule has 11 heteroatoms. The van der Waals surface area contributed by atoms with E-state index in [2.05, 4.69) is 9.88 Å². The molecule has 40 heavy (non-hydrogen) atoms. The maximum absolute atomic E-state index is 13.4. The number of aryl methyl sites for hydroxylation is 1. The highest BCUT2D eigenvalue weighted by Crippen LogP contribution is 2.29. The standard InChI is InChI=1S/C29H27N5O4S2/c1-19-7-3-4-8-22(19)34-27(35)20-11-16-39-26(20)31-29(34)40-18-25-30-21(17-38-25)28(36)33-14-12-32(13-15-33)23-9-5-6-10-24(23)37-2/h3-11,16-17H,12-15,18H2,1-2H3. The summed E-state index contributed by atoms with van der Waals surface area (Å²) in [6, 6.07) is 17.4. The van der Waals surface area contributed by atoms with Crippen molar-refractivity contribution >= 4 is 44.9 Å². The molecular weight excluding hydrogens is 546 g/mol. The average molecular weight is 574 g/mol. The summed E-state index contributed by atoms with van der Waals surface area (Å²) < 4.78 is 12.8. The Morgan fingerprint density at radius 2 is 1.77 bits per heavy atom. The topological polar surface area (TPSA) is 93.7 Å². The molecule has 0 radical (unpaired) electrons. The van der Waals surface area contributed by atoms with E-state index in [9.17, 15) is 9.59 Å². The Morgan fingerprint density at radius 3 is 2.55 bits per heavy atom. The number of thiophene rings is 1. The SMILES string of the molecule is COc1ccccc1N1CCN(C(=O)c2coc(CSc3nc4sccc4c(=O)n3-c3ccccc3C)n2)CC1. The second-order valence-electron chi connectivity index (χ2n) is 9.33. The van der Waals surface area contributed by atoms with Gasteiger partial charge in [0.15, 0.2) is 10.9 Å². The van der Waals surface area contributed by atoms with Gasteiger partial charge in [0.25, 0.3) is 11.5 Å². The van der Waals surface area contributed by atoms with Crippen molar-refractivity contribution in [2.24, 2.45) is 0 Å². The van der Waals surface area contributed by atoms with Gasteiger partial charge in [0.2, 0.25) is 5.89 Å². The monoisotopic (exact) mass is 573 g/mol. The van der Waals surface area contributed by atoms with Gasteiger partial charge < -0.3 is 19.0 Å². The van der Waals surface area contributed by atoms with E-state index in [4.69, 9.17) is 14.1 Å². The number of para-hydroxylation sites is 3. The molecular formula is C29H27N5O4S2. The van der Waals surface area contributed by atoms with Crippen LogP contribution in [0.15, 0.2) is 80.6 Å². The number of carbonyl (C=O) groups is 1. The lowest BCUT2D eigenvalue weighted by atomic mass is 10.2. The fourth-order valence-corrected chi connectivity index (χ4v) is 6.49. The molecule has 0 bridgehead atoms. The number of ether oxygens (including phenoxy) is 1. The largest absolute Gasteiger partial charge is 0.495 e. The molecule has 1 amide bonds. The fourth-order valence-electron chi connectivity index (χ4n) is 4.82. The average Bonchev–Trinajstić information content (AvgIpc) is 3.67. The van der Waals surface area contributed by atoms with Crippen LogP contribution in [-0.2, 0) is 5.75 Å². The number of oxazole rings is 1. The molecule has 0 unspecified atom stereocenters. The quantitative estimate of drug-likeness (QED) is 0.198. The summed E-state index contributed by atoms with van der Waals surface area (Å²) in [4.78, 5) is 40.6. The van der Waals surface area contributed by atoms with E-state index in [1.54, 1.807) is 22.6 Å². The van der Waals surface area contributed by atoms with Crippen LogP contribution in [0, 0.1) is 6.92 Å². The molecule has 204 valence electrons. The third-order valence-electron chi connectivity index (χ3n) is 6.91. The fraction of sp³-hybridized carbons (Fsp3) is 0.241. The maximum Gasteiger partial charge on any atom is 0.275 e. The van der Waals surface area contributed by atoms with Crippen LogP contribution in [0.5, 0.6) is 5.75 Å². The molecule has 6 rings (SSSR count). The van der Waals surface area contributed by atoms with Crippen LogP contribution in [-0.4, -0.2) is 58.6 Å². The summed E-state index contributed by atoms with van der Waals surface area (Å²) in [5, 5.41) is 3.01. The first-order valence-corrected chi connectivity index (χ1v) is 14.7. The first-order valence-electron chi connectivity index (χ1n) is 12.8. The van der Waals surface area contributed by atoms with Gasteiger partial charge in [-0.2, -0.15) is 0 Å². The number of rotatable bonds is 7. The van der Waals surface area contributed by atoms with Crippen LogP contribution in [0.25, 0.3) is 15.9 Å². The van der Waals surface area contributed by atoms with Gasteiger partial charge in [-0.1, -0.05) is 42.1 Å². The molecule has 0 saturated carbocycles. The molecule has 4 heterocycles. The highest BCUT2D eigenvalue weighted by molar-refractivity contribution is 7.98. The number of thioether (sulfide) groups is 1. The lowest BCUT2D eigenvalue weighted by Crippen LogP contribution is -2.49. The zero-order chi connectivity index (χ0) is 27.6. The molecule has 1 fully saturated rings. The van der Waals surface area contributed by atoms with E-state index in [0.29, 0.717) is 53.2 Å². The molecule has 0 spiro atoms. The summed E-state index contributed by atoms with van der Waals surface area (Å²) in [5.41, 5.74) is 2.94. The number of hydrogen-bond donors (Lipinski definition) is 0. The Kier molecular flexibility index (Phi) is 7.31. The smallest absolute Gasteiger partial charge is 0.275 e. The van der Waals surface area contributed by atoms with Gasteiger partial charge in [-0.05, 0) is 42.1 Å². The molecule has 1 saturated heterocycles. The number of amides is 1. The Balaban J connectivity index is 1.16. The highest BCUT2D eigenvalue weighted by atomic mass is 32.2. The lowest BCUT2D eigenvalue weighted by Gasteiger charge is -2.36. The van der Waals surface area contributed by atoms with Crippen molar-refractivity contribution in [2.45, 2.75) is 17.8 Å². The summed E-state index contributed by atoms with van der Waals surface area (Å²) >= 11 is 2.79. The minimum Gasteiger partial charge on any atom is -0.495 e. The zero-order valence-electron chi connectivity index (χ0n) is 22.1.